The summed E-state index contributed by atoms with van der Waals surface area (Å²) in [6.07, 6.45) is 0. The molecule has 2 rings (SSSR count). The van der Waals surface area contributed by atoms with E-state index >= 15 is 0 Å². The molecule has 21 heavy (non-hydrogen) atoms. The first-order valence-electron chi connectivity index (χ1n) is 7.22. The highest BCUT2D eigenvalue weighted by Crippen LogP contribution is 2.24. The summed E-state index contributed by atoms with van der Waals surface area (Å²) in [7, 11) is 0. The van der Waals surface area contributed by atoms with E-state index in [1.54, 1.807) is 6.07 Å². The Morgan fingerprint density at radius 3 is 2.48 bits per heavy atom. The van der Waals surface area contributed by atoms with Gasteiger partial charge in [-0.2, -0.15) is 0 Å². The average molecular weight is 287 g/mol. The molecule has 2 N–H and O–H groups in total. The van der Waals surface area contributed by atoms with E-state index in [4.69, 9.17) is 10.5 Å². The predicted molar refractivity (Wildman–Crippen MR) is 83.9 cm³/mol. The average Bonchev–Trinajstić information content (AvgIpc) is 2.45. The predicted octanol–water partition coefficient (Wildman–Crippen LogP) is 4.30. The molecule has 0 fully saturated rings. The van der Waals surface area contributed by atoms with Crippen LogP contribution in [-0.4, -0.2) is 0 Å². The van der Waals surface area contributed by atoms with Crippen LogP contribution in [0.25, 0.3) is 0 Å². The van der Waals surface area contributed by atoms with Crippen LogP contribution in [-0.2, 0) is 13.2 Å². The molecule has 2 nitrogen and oxygen atoms in total. The van der Waals surface area contributed by atoms with E-state index in [0.717, 1.165) is 16.9 Å². The van der Waals surface area contributed by atoms with Crippen LogP contribution in [0.15, 0.2) is 36.4 Å². The summed E-state index contributed by atoms with van der Waals surface area (Å²) in [5.41, 5.74) is 9.90. The van der Waals surface area contributed by atoms with Gasteiger partial charge in [0.05, 0.1) is 0 Å². The van der Waals surface area contributed by atoms with Crippen LogP contribution in [0.1, 0.15) is 42.0 Å². The fourth-order valence-electron chi connectivity index (χ4n) is 2.47. The second-order valence-electron chi connectivity index (χ2n) is 5.58. The van der Waals surface area contributed by atoms with Crippen molar-refractivity contribution in [3.05, 3.63) is 64.5 Å². The number of nitrogens with two attached hydrogens (primary N) is 1. The molecule has 0 aliphatic rings. The lowest BCUT2D eigenvalue weighted by Crippen LogP contribution is -2.05. The van der Waals surface area contributed by atoms with Crippen LogP contribution in [0.3, 0.4) is 0 Å². The largest absolute Gasteiger partial charge is 0.489 e. The molecule has 112 valence electrons. The van der Waals surface area contributed by atoms with Gasteiger partial charge in [0.2, 0.25) is 0 Å². The molecule has 2 aromatic rings. The van der Waals surface area contributed by atoms with E-state index in [2.05, 4.69) is 26.8 Å². The molecule has 0 aliphatic carbocycles. The van der Waals surface area contributed by atoms with Gasteiger partial charge in [-0.05, 0) is 59.4 Å². The second kappa shape index (κ2) is 6.72. The molecule has 0 unspecified atom stereocenters. The third kappa shape index (κ3) is 3.82. The summed E-state index contributed by atoms with van der Waals surface area (Å²) >= 11 is 0. The molecule has 0 radical (unpaired) electrons. The smallest absolute Gasteiger partial charge is 0.123 e. The molecular formula is C18H22FNO. The normalized spacial score (nSPS) is 11.0. The van der Waals surface area contributed by atoms with E-state index in [1.807, 2.05) is 12.1 Å². The quantitative estimate of drug-likeness (QED) is 0.890. The fraction of sp³-hybridized carbons (Fsp3) is 0.333. The highest BCUT2D eigenvalue weighted by Gasteiger charge is 2.07. The van der Waals surface area contributed by atoms with Crippen LogP contribution in [0, 0.1) is 12.7 Å². The van der Waals surface area contributed by atoms with Crippen molar-refractivity contribution in [2.24, 2.45) is 5.73 Å². The van der Waals surface area contributed by atoms with E-state index in [9.17, 15) is 4.39 Å². The molecule has 0 spiro atoms. The lowest BCUT2D eigenvalue weighted by Gasteiger charge is -2.14. The fourth-order valence-corrected chi connectivity index (χ4v) is 2.47. The van der Waals surface area contributed by atoms with Gasteiger partial charge in [-0.3, -0.25) is 0 Å². The Hall–Kier alpha value is -1.87. The molecule has 0 bridgehead atoms. The van der Waals surface area contributed by atoms with Crippen molar-refractivity contribution in [2.75, 3.05) is 0 Å². The third-order valence-electron chi connectivity index (χ3n) is 3.65. The number of hydrogen-bond acceptors (Lipinski definition) is 2. The van der Waals surface area contributed by atoms with Crippen molar-refractivity contribution in [1.82, 2.24) is 0 Å². The molecule has 0 heterocycles. The summed E-state index contributed by atoms with van der Waals surface area (Å²) in [6, 6.07) is 10.7. The minimum absolute atomic E-state index is 0.267. The zero-order valence-corrected chi connectivity index (χ0v) is 12.8. The summed E-state index contributed by atoms with van der Waals surface area (Å²) in [6.45, 7) is 7.12. The van der Waals surface area contributed by atoms with Gasteiger partial charge >= 0.3 is 0 Å². The lowest BCUT2D eigenvalue weighted by atomic mass is 9.98. The van der Waals surface area contributed by atoms with Crippen molar-refractivity contribution < 1.29 is 9.13 Å². The monoisotopic (exact) mass is 287 g/mol. The van der Waals surface area contributed by atoms with Gasteiger partial charge < -0.3 is 10.5 Å². The van der Waals surface area contributed by atoms with Crippen LogP contribution in [0.5, 0.6) is 5.75 Å². The molecular weight excluding hydrogens is 265 g/mol. The summed E-state index contributed by atoms with van der Waals surface area (Å²) in [5, 5.41) is 0. The maximum absolute atomic E-state index is 13.3. The van der Waals surface area contributed by atoms with Crippen molar-refractivity contribution in [1.29, 1.82) is 0 Å². The van der Waals surface area contributed by atoms with E-state index in [-0.39, 0.29) is 5.82 Å². The van der Waals surface area contributed by atoms with Crippen LogP contribution in [0.4, 0.5) is 4.39 Å². The topological polar surface area (TPSA) is 35.2 Å². The first-order valence-corrected chi connectivity index (χ1v) is 7.22. The molecule has 0 amide bonds. The summed E-state index contributed by atoms with van der Waals surface area (Å²) in [5.74, 6) is 1.02. The molecule has 3 heteroatoms. The number of hydrogen-bond donors (Lipinski definition) is 1. The maximum atomic E-state index is 13.3. The van der Waals surface area contributed by atoms with Gasteiger partial charge in [0.25, 0.3) is 0 Å². The molecule has 0 saturated heterocycles. The minimum Gasteiger partial charge on any atom is -0.489 e. The molecule has 0 atom stereocenters. The Kier molecular flexibility index (Phi) is 4.97. The minimum atomic E-state index is -0.267. The number of halogens is 1. The molecule has 0 saturated carbocycles. The Morgan fingerprint density at radius 1 is 1.10 bits per heavy atom. The Labute approximate surface area is 125 Å². The van der Waals surface area contributed by atoms with Crippen LogP contribution >= 0.6 is 0 Å². The number of rotatable bonds is 5. The van der Waals surface area contributed by atoms with Crippen LogP contribution in [0.2, 0.25) is 0 Å². The molecule has 0 aromatic heterocycles. The lowest BCUT2D eigenvalue weighted by molar-refractivity contribution is 0.304. The number of ether oxygens (including phenoxy) is 1. The third-order valence-corrected chi connectivity index (χ3v) is 3.65. The first-order chi connectivity index (χ1) is 10.0. The highest BCUT2D eigenvalue weighted by molar-refractivity contribution is 5.37. The van der Waals surface area contributed by atoms with E-state index in [0.29, 0.717) is 19.1 Å². The van der Waals surface area contributed by atoms with Gasteiger partial charge in [0.1, 0.15) is 18.2 Å². The van der Waals surface area contributed by atoms with Crippen molar-refractivity contribution >= 4 is 0 Å². The molecule has 2 aromatic carbocycles. The van der Waals surface area contributed by atoms with Crippen molar-refractivity contribution in [3.63, 3.8) is 0 Å². The van der Waals surface area contributed by atoms with Crippen LogP contribution < -0.4 is 10.5 Å². The van der Waals surface area contributed by atoms with E-state index in [1.165, 1.54) is 23.3 Å². The maximum Gasteiger partial charge on any atom is 0.123 e. The Bertz CT molecular complexity index is 623. The SMILES string of the molecule is Cc1cc(OCc2cc(F)ccc2CN)ccc1C(C)C. The zero-order valence-electron chi connectivity index (χ0n) is 12.8. The van der Waals surface area contributed by atoms with Crippen molar-refractivity contribution in [2.45, 2.75) is 39.8 Å². The number of benzene rings is 2. The number of aryl methyl sites for hydroxylation is 1. The van der Waals surface area contributed by atoms with E-state index < -0.39 is 0 Å². The van der Waals surface area contributed by atoms with Gasteiger partial charge in [-0.25, -0.2) is 4.39 Å². The Morgan fingerprint density at radius 2 is 1.86 bits per heavy atom. The van der Waals surface area contributed by atoms with Gasteiger partial charge in [-0.1, -0.05) is 26.0 Å². The second-order valence-corrected chi connectivity index (χ2v) is 5.58. The molecule has 0 aliphatic heterocycles. The summed E-state index contributed by atoms with van der Waals surface area (Å²) < 4.78 is 19.1. The van der Waals surface area contributed by atoms with Gasteiger partial charge in [-0.15, -0.1) is 0 Å². The summed E-state index contributed by atoms with van der Waals surface area (Å²) in [4.78, 5) is 0. The Balaban J connectivity index is 2.13. The zero-order chi connectivity index (χ0) is 15.4. The first kappa shape index (κ1) is 15.5. The highest BCUT2D eigenvalue weighted by atomic mass is 19.1. The van der Waals surface area contributed by atoms with Gasteiger partial charge in [0.15, 0.2) is 0 Å². The standard InChI is InChI=1S/C18H22FNO/c1-12(2)18-7-6-17(8-13(18)3)21-11-15-9-16(19)5-4-14(15)10-20/h4-9,12H,10-11,20H2,1-3H3. The van der Waals surface area contributed by atoms with Crippen molar-refractivity contribution in [3.8, 4) is 5.75 Å². The van der Waals surface area contributed by atoms with Gasteiger partial charge in [0, 0.05) is 6.54 Å².